The molecule has 106 valence electrons. The average molecular weight is 267 g/mol. The molecule has 18 heavy (non-hydrogen) atoms. The molecule has 1 aliphatic rings. The smallest absolute Gasteiger partial charge is 0.364 e. The normalized spacial score (nSPS) is 40.2. The fraction of sp³-hybridized carbons (Fsp3) is 0.889. The average Bonchev–Trinajstić information content (AvgIpc) is 2.31. The number of hydrogen-bond acceptors (Lipinski definition) is 8. The van der Waals surface area contributed by atoms with Gasteiger partial charge >= 0.3 is 5.97 Å². The Hall–Kier alpha value is -0.810. The Balaban J connectivity index is 2.92. The minimum atomic E-state index is -2.70. The quantitative estimate of drug-likeness (QED) is 0.267. The van der Waals surface area contributed by atoms with Gasteiger partial charge in [0.15, 0.2) is 0 Å². The summed E-state index contributed by atoms with van der Waals surface area (Å²) in [5.74, 6) is -4.44. The third-order valence-electron chi connectivity index (χ3n) is 2.89. The highest BCUT2D eigenvalue weighted by molar-refractivity contribution is 5.75. The fourth-order valence-electron chi connectivity index (χ4n) is 1.75. The van der Waals surface area contributed by atoms with E-state index in [2.05, 4.69) is 0 Å². The Morgan fingerprint density at radius 2 is 2.06 bits per heavy atom. The van der Waals surface area contributed by atoms with Crippen molar-refractivity contribution in [2.75, 3.05) is 6.61 Å². The summed E-state index contributed by atoms with van der Waals surface area (Å²) >= 11 is 0. The van der Waals surface area contributed by atoms with Gasteiger partial charge < -0.3 is 41.1 Å². The van der Waals surface area contributed by atoms with E-state index in [0.717, 1.165) is 0 Å². The molecule has 0 radical (unpaired) electrons. The standard InChI is InChI=1S/C9H17NO8/c10-5-3(12)1-9(17,8(15)16)18-7(5)6(14)4(13)2-11/h3-7,11-14,17H,1-2,10H2,(H,15,16)/t3-,4-,5-,6-,7?,9+/m1/s1. The van der Waals surface area contributed by atoms with Crippen molar-refractivity contribution < 1.29 is 40.2 Å². The summed E-state index contributed by atoms with van der Waals surface area (Å²) in [5.41, 5.74) is 5.51. The van der Waals surface area contributed by atoms with Crippen LogP contribution in [0, 0.1) is 0 Å². The van der Waals surface area contributed by atoms with Gasteiger partial charge in [0, 0.05) is 6.42 Å². The minimum absolute atomic E-state index is 0.665. The summed E-state index contributed by atoms with van der Waals surface area (Å²) in [6, 6.07) is -1.21. The van der Waals surface area contributed by atoms with Crippen molar-refractivity contribution in [2.24, 2.45) is 5.73 Å². The maximum Gasteiger partial charge on any atom is 0.364 e. The predicted octanol–water partition coefficient (Wildman–Crippen LogP) is -4.05. The molecule has 0 aromatic heterocycles. The third-order valence-corrected chi connectivity index (χ3v) is 2.89. The van der Waals surface area contributed by atoms with Crippen molar-refractivity contribution in [1.29, 1.82) is 0 Å². The molecule has 1 heterocycles. The van der Waals surface area contributed by atoms with Crippen molar-refractivity contribution in [3.63, 3.8) is 0 Å². The maximum absolute atomic E-state index is 10.8. The third kappa shape index (κ3) is 2.78. The second-order valence-corrected chi connectivity index (χ2v) is 4.26. The van der Waals surface area contributed by atoms with E-state index in [0.29, 0.717) is 0 Å². The van der Waals surface area contributed by atoms with Crippen LogP contribution in [0.1, 0.15) is 6.42 Å². The largest absolute Gasteiger partial charge is 0.477 e. The highest BCUT2D eigenvalue weighted by atomic mass is 16.7. The number of nitrogens with two attached hydrogens (primary N) is 1. The molecule has 1 aliphatic heterocycles. The molecule has 0 aromatic carbocycles. The van der Waals surface area contributed by atoms with Crippen LogP contribution >= 0.6 is 0 Å². The highest BCUT2D eigenvalue weighted by Gasteiger charge is 2.52. The molecule has 9 nitrogen and oxygen atoms in total. The molecule has 1 saturated heterocycles. The Labute approximate surface area is 102 Å². The molecule has 0 aromatic rings. The van der Waals surface area contributed by atoms with Crippen LogP contribution in [0.25, 0.3) is 0 Å². The number of aliphatic carboxylic acids is 1. The van der Waals surface area contributed by atoms with Crippen LogP contribution < -0.4 is 5.73 Å². The number of aliphatic hydroxyl groups is 5. The molecular weight excluding hydrogens is 250 g/mol. The first-order chi connectivity index (χ1) is 8.23. The van der Waals surface area contributed by atoms with Crippen LogP contribution in [0.15, 0.2) is 0 Å². The van der Waals surface area contributed by atoms with Gasteiger partial charge in [-0.3, -0.25) is 0 Å². The zero-order valence-corrected chi connectivity index (χ0v) is 9.38. The van der Waals surface area contributed by atoms with E-state index in [4.69, 9.17) is 20.7 Å². The Kier molecular flexibility index (Phi) is 4.61. The summed E-state index contributed by atoms with van der Waals surface area (Å²) < 4.78 is 4.75. The Morgan fingerprint density at radius 1 is 1.50 bits per heavy atom. The van der Waals surface area contributed by atoms with E-state index in [1.807, 2.05) is 0 Å². The van der Waals surface area contributed by atoms with Crippen LogP contribution in [0.5, 0.6) is 0 Å². The van der Waals surface area contributed by atoms with Crippen molar-refractivity contribution in [2.45, 2.75) is 42.7 Å². The number of hydrogen-bond donors (Lipinski definition) is 7. The molecule has 1 rings (SSSR count). The number of carboxylic acid groups (broad SMARTS) is 1. The van der Waals surface area contributed by atoms with E-state index < -0.39 is 55.2 Å². The van der Waals surface area contributed by atoms with Gasteiger partial charge in [0.2, 0.25) is 0 Å². The summed E-state index contributed by atoms with van der Waals surface area (Å²) in [5, 5.41) is 55.5. The summed E-state index contributed by atoms with van der Waals surface area (Å²) in [6.07, 6.45) is -7.01. The Morgan fingerprint density at radius 3 is 2.50 bits per heavy atom. The molecule has 0 saturated carbocycles. The number of carbonyl (C=O) groups is 1. The number of ether oxygens (including phenoxy) is 1. The van der Waals surface area contributed by atoms with Gasteiger partial charge in [-0.15, -0.1) is 0 Å². The van der Waals surface area contributed by atoms with E-state index in [-0.39, 0.29) is 0 Å². The lowest BCUT2D eigenvalue weighted by Crippen LogP contribution is -2.65. The number of rotatable bonds is 4. The maximum atomic E-state index is 10.8. The molecule has 1 fully saturated rings. The van der Waals surface area contributed by atoms with Crippen molar-refractivity contribution in [3.8, 4) is 0 Å². The second-order valence-electron chi connectivity index (χ2n) is 4.26. The number of aliphatic hydroxyl groups excluding tert-OH is 4. The first-order valence-electron chi connectivity index (χ1n) is 5.27. The molecule has 0 aliphatic carbocycles. The molecule has 0 bridgehead atoms. The lowest BCUT2D eigenvalue weighted by molar-refractivity contribution is -0.292. The molecule has 0 spiro atoms. The van der Waals surface area contributed by atoms with Crippen LogP contribution in [0.2, 0.25) is 0 Å². The van der Waals surface area contributed by atoms with E-state index in [9.17, 15) is 25.2 Å². The van der Waals surface area contributed by atoms with Crippen molar-refractivity contribution in [3.05, 3.63) is 0 Å². The molecular formula is C9H17NO8. The topological polar surface area (TPSA) is 174 Å². The zero-order chi connectivity index (χ0) is 14.1. The van der Waals surface area contributed by atoms with Crippen LogP contribution in [0.4, 0.5) is 0 Å². The van der Waals surface area contributed by atoms with Gasteiger partial charge in [-0.25, -0.2) is 4.79 Å². The van der Waals surface area contributed by atoms with Gasteiger partial charge in [-0.05, 0) is 0 Å². The lowest BCUT2D eigenvalue weighted by atomic mass is 9.89. The monoisotopic (exact) mass is 267 g/mol. The van der Waals surface area contributed by atoms with Crippen molar-refractivity contribution >= 4 is 5.97 Å². The zero-order valence-electron chi connectivity index (χ0n) is 9.38. The summed E-state index contributed by atoms with van der Waals surface area (Å²) in [4.78, 5) is 10.8. The first kappa shape index (κ1) is 15.2. The summed E-state index contributed by atoms with van der Waals surface area (Å²) in [7, 11) is 0. The SMILES string of the molecule is N[C@H]1C([C@H](O)[C@H](O)CO)O[C@](O)(C(=O)O)C[C@H]1O. The highest BCUT2D eigenvalue weighted by Crippen LogP contribution is 2.29. The van der Waals surface area contributed by atoms with Crippen LogP contribution in [-0.4, -0.2) is 79.5 Å². The molecule has 6 atom stereocenters. The molecule has 9 heteroatoms. The number of carboxylic acids is 1. The van der Waals surface area contributed by atoms with Crippen LogP contribution in [0.3, 0.4) is 0 Å². The predicted molar refractivity (Wildman–Crippen MR) is 55.2 cm³/mol. The lowest BCUT2D eigenvalue weighted by Gasteiger charge is -2.43. The fourth-order valence-corrected chi connectivity index (χ4v) is 1.75. The first-order valence-corrected chi connectivity index (χ1v) is 5.27. The van der Waals surface area contributed by atoms with E-state index in [1.54, 1.807) is 0 Å². The molecule has 1 unspecified atom stereocenters. The van der Waals surface area contributed by atoms with Gasteiger partial charge in [0.25, 0.3) is 5.79 Å². The Bertz CT molecular complexity index is 313. The van der Waals surface area contributed by atoms with E-state index in [1.165, 1.54) is 0 Å². The van der Waals surface area contributed by atoms with Crippen molar-refractivity contribution in [1.82, 2.24) is 0 Å². The van der Waals surface area contributed by atoms with Crippen LogP contribution in [-0.2, 0) is 9.53 Å². The van der Waals surface area contributed by atoms with Gasteiger partial charge in [0.1, 0.15) is 18.3 Å². The molecule has 8 N–H and O–H groups in total. The summed E-state index contributed by atoms with van der Waals surface area (Å²) in [6.45, 7) is -0.810. The second kappa shape index (κ2) is 5.45. The molecule has 0 amide bonds. The van der Waals surface area contributed by atoms with E-state index >= 15 is 0 Å². The minimum Gasteiger partial charge on any atom is -0.477 e. The van der Waals surface area contributed by atoms with Gasteiger partial charge in [-0.1, -0.05) is 0 Å². The van der Waals surface area contributed by atoms with Gasteiger partial charge in [0.05, 0.1) is 18.8 Å². The van der Waals surface area contributed by atoms with Gasteiger partial charge in [-0.2, -0.15) is 0 Å².